The average Bonchev–Trinajstić information content (AvgIpc) is 3.39. The fourth-order valence-electron chi connectivity index (χ4n) is 4.71. The Labute approximate surface area is 205 Å². The monoisotopic (exact) mass is 486 g/mol. The lowest BCUT2D eigenvalue weighted by Gasteiger charge is -2.36. The van der Waals surface area contributed by atoms with Crippen molar-refractivity contribution in [2.75, 3.05) is 51.4 Å². The molecule has 2 fully saturated rings. The van der Waals surface area contributed by atoms with Crippen LogP contribution in [0.4, 0.5) is 6.01 Å². The van der Waals surface area contributed by atoms with E-state index in [4.69, 9.17) is 18.7 Å². The molecule has 2 saturated heterocycles. The minimum absolute atomic E-state index is 0.0249. The second-order valence-electron chi connectivity index (χ2n) is 8.81. The summed E-state index contributed by atoms with van der Waals surface area (Å²) in [5.74, 6) is 1.67. The van der Waals surface area contributed by atoms with Crippen molar-refractivity contribution in [3.05, 3.63) is 18.2 Å². The molecule has 2 aliphatic rings. The molecular weight excluding hydrogens is 452 g/mol. The molecule has 35 heavy (non-hydrogen) atoms. The van der Waals surface area contributed by atoms with Gasteiger partial charge >= 0.3 is 12.0 Å². The van der Waals surface area contributed by atoms with Crippen molar-refractivity contribution in [3.8, 4) is 22.9 Å². The third kappa shape index (κ3) is 5.68. The average molecular weight is 487 g/mol. The third-order valence-corrected chi connectivity index (χ3v) is 6.68. The lowest BCUT2D eigenvalue weighted by Crippen LogP contribution is -2.46. The van der Waals surface area contributed by atoms with Crippen molar-refractivity contribution in [1.29, 1.82) is 0 Å². The van der Waals surface area contributed by atoms with Gasteiger partial charge in [-0.15, -0.1) is 0 Å². The molecule has 1 aromatic carbocycles. The summed E-state index contributed by atoms with van der Waals surface area (Å²) in [4.78, 5) is 33.5. The van der Waals surface area contributed by atoms with E-state index in [1.165, 1.54) is 0 Å². The van der Waals surface area contributed by atoms with Gasteiger partial charge in [0.25, 0.3) is 0 Å². The number of carbonyl (C=O) groups is 2. The van der Waals surface area contributed by atoms with Crippen LogP contribution < -0.4 is 14.4 Å². The fourth-order valence-corrected chi connectivity index (χ4v) is 4.71. The van der Waals surface area contributed by atoms with Gasteiger partial charge in [-0.2, -0.15) is 4.98 Å². The van der Waals surface area contributed by atoms with Crippen LogP contribution in [0.2, 0.25) is 0 Å². The number of esters is 1. The summed E-state index contributed by atoms with van der Waals surface area (Å²) in [6.45, 7) is 7.24. The van der Waals surface area contributed by atoms with E-state index < -0.39 is 0 Å². The van der Waals surface area contributed by atoms with E-state index >= 15 is 0 Å². The number of aromatic nitrogens is 2. The van der Waals surface area contributed by atoms with Crippen LogP contribution in [0.5, 0.6) is 11.5 Å². The maximum absolute atomic E-state index is 13.0. The van der Waals surface area contributed by atoms with Crippen molar-refractivity contribution < 1.29 is 28.3 Å². The highest BCUT2D eigenvalue weighted by Crippen LogP contribution is 2.33. The molecule has 0 unspecified atom stereocenters. The summed E-state index contributed by atoms with van der Waals surface area (Å²) in [6, 6.07) is 5.99. The zero-order chi connectivity index (χ0) is 24.8. The summed E-state index contributed by atoms with van der Waals surface area (Å²) in [6.07, 6.45) is 2.80. The topological polar surface area (TPSA) is 107 Å². The molecule has 1 amide bonds. The van der Waals surface area contributed by atoms with Gasteiger partial charge in [-0.25, -0.2) is 0 Å². The number of hydrogen-bond acceptors (Lipinski definition) is 9. The summed E-state index contributed by atoms with van der Waals surface area (Å²) in [5.41, 5.74) is 0.775. The Kier molecular flexibility index (Phi) is 8.09. The first kappa shape index (κ1) is 24.8. The number of likely N-dealkylation sites (tertiary alicyclic amines) is 1. The SMILES string of the molecule is CCOC(=O)C1CCN(C(=O)C2CCN(c3nc(-c4ccc(OCC)c(OC)c4)no3)CC2)CC1. The molecule has 0 spiro atoms. The highest BCUT2D eigenvalue weighted by Gasteiger charge is 2.34. The van der Waals surface area contributed by atoms with E-state index in [2.05, 4.69) is 10.1 Å². The van der Waals surface area contributed by atoms with Gasteiger partial charge in [0.2, 0.25) is 11.7 Å². The van der Waals surface area contributed by atoms with Crippen LogP contribution in [-0.4, -0.2) is 73.4 Å². The predicted octanol–water partition coefficient (Wildman–Crippen LogP) is 3.16. The Morgan fingerprint density at radius 3 is 2.37 bits per heavy atom. The van der Waals surface area contributed by atoms with Crippen LogP contribution in [0, 0.1) is 11.8 Å². The van der Waals surface area contributed by atoms with Gasteiger partial charge in [0, 0.05) is 37.7 Å². The van der Waals surface area contributed by atoms with Crippen molar-refractivity contribution >= 4 is 17.9 Å². The molecule has 0 aliphatic carbocycles. The van der Waals surface area contributed by atoms with Crippen LogP contribution in [0.1, 0.15) is 39.5 Å². The number of ether oxygens (including phenoxy) is 3. The predicted molar refractivity (Wildman–Crippen MR) is 128 cm³/mol. The molecule has 190 valence electrons. The number of hydrogen-bond donors (Lipinski definition) is 0. The molecule has 2 aliphatic heterocycles. The highest BCUT2D eigenvalue weighted by molar-refractivity contribution is 5.80. The number of nitrogens with zero attached hydrogens (tertiary/aromatic N) is 4. The number of rotatable bonds is 8. The first-order valence-electron chi connectivity index (χ1n) is 12.4. The van der Waals surface area contributed by atoms with Gasteiger partial charge in [-0.05, 0) is 57.7 Å². The van der Waals surface area contributed by atoms with Gasteiger partial charge < -0.3 is 28.5 Å². The molecule has 10 nitrogen and oxygen atoms in total. The zero-order valence-corrected chi connectivity index (χ0v) is 20.7. The number of piperidine rings is 2. The molecule has 3 heterocycles. The summed E-state index contributed by atoms with van der Waals surface area (Å²) >= 11 is 0. The third-order valence-electron chi connectivity index (χ3n) is 6.68. The Hall–Kier alpha value is -3.30. The molecule has 0 radical (unpaired) electrons. The molecule has 4 rings (SSSR count). The number of carbonyl (C=O) groups excluding carboxylic acids is 2. The minimum atomic E-state index is -0.143. The van der Waals surface area contributed by atoms with Crippen molar-refractivity contribution in [1.82, 2.24) is 15.0 Å². The second kappa shape index (κ2) is 11.4. The second-order valence-corrected chi connectivity index (χ2v) is 8.81. The maximum Gasteiger partial charge on any atom is 0.324 e. The van der Waals surface area contributed by atoms with Gasteiger partial charge in [0.15, 0.2) is 11.5 Å². The van der Waals surface area contributed by atoms with E-state index in [9.17, 15) is 9.59 Å². The van der Waals surface area contributed by atoms with Crippen LogP contribution in [0.25, 0.3) is 11.4 Å². The molecule has 0 N–H and O–H groups in total. The van der Waals surface area contributed by atoms with Gasteiger partial charge in [-0.1, -0.05) is 5.16 Å². The fraction of sp³-hybridized carbons (Fsp3) is 0.600. The van der Waals surface area contributed by atoms with Crippen molar-refractivity contribution in [2.45, 2.75) is 39.5 Å². The summed E-state index contributed by atoms with van der Waals surface area (Å²) in [7, 11) is 1.59. The van der Waals surface area contributed by atoms with Gasteiger partial charge in [-0.3, -0.25) is 9.59 Å². The lowest BCUT2D eigenvalue weighted by molar-refractivity contribution is -0.151. The minimum Gasteiger partial charge on any atom is -0.493 e. The van der Waals surface area contributed by atoms with E-state index in [1.807, 2.05) is 41.8 Å². The van der Waals surface area contributed by atoms with Crippen molar-refractivity contribution in [2.24, 2.45) is 11.8 Å². The lowest BCUT2D eigenvalue weighted by atomic mass is 9.92. The van der Waals surface area contributed by atoms with E-state index in [0.717, 1.165) is 18.4 Å². The first-order valence-corrected chi connectivity index (χ1v) is 12.4. The summed E-state index contributed by atoms with van der Waals surface area (Å²) in [5, 5.41) is 4.14. The molecule has 2 aromatic rings. The summed E-state index contributed by atoms with van der Waals surface area (Å²) < 4.78 is 21.6. The first-order chi connectivity index (χ1) is 17.0. The smallest absolute Gasteiger partial charge is 0.324 e. The Balaban J connectivity index is 1.30. The quantitative estimate of drug-likeness (QED) is 0.520. The van der Waals surface area contributed by atoms with E-state index in [1.54, 1.807) is 7.11 Å². The van der Waals surface area contributed by atoms with Gasteiger partial charge in [0.05, 0.1) is 26.2 Å². The van der Waals surface area contributed by atoms with E-state index in [-0.39, 0.29) is 23.7 Å². The van der Waals surface area contributed by atoms with Crippen LogP contribution in [0.15, 0.2) is 22.7 Å². The Morgan fingerprint density at radius 1 is 1.00 bits per heavy atom. The van der Waals surface area contributed by atoms with Crippen LogP contribution in [-0.2, 0) is 14.3 Å². The molecule has 0 bridgehead atoms. The molecule has 1 aromatic heterocycles. The molecular formula is C25H34N4O6. The number of benzene rings is 1. The molecule has 0 atom stereocenters. The standard InChI is InChI=1S/C25H34N4O6/c1-4-33-20-7-6-19(16-21(20)32-3)22-26-25(35-27-22)29-14-8-17(9-15-29)23(30)28-12-10-18(11-13-28)24(31)34-5-2/h6-7,16-18H,4-5,8-15H2,1-3H3. The zero-order valence-electron chi connectivity index (χ0n) is 20.7. The number of amides is 1. The number of methoxy groups -OCH3 is 1. The highest BCUT2D eigenvalue weighted by atomic mass is 16.5. The molecule has 0 saturated carbocycles. The normalized spacial score (nSPS) is 17.3. The van der Waals surface area contributed by atoms with E-state index in [0.29, 0.717) is 75.6 Å². The van der Waals surface area contributed by atoms with Crippen LogP contribution in [0.3, 0.4) is 0 Å². The largest absolute Gasteiger partial charge is 0.493 e. The molecule has 10 heteroatoms. The van der Waals surface area contributed by atoms with Crippen LogP contribution >= 0.6 is 0 Å². The van der Waals surface area contributed by atoms with Gasteiger partial charge in [0.1, 0.15) is 0 Å². The maximum atomic E-state index is 13.0. The number of anilines is 1. The Bertz CT molecular complexity index is 1010. The Morgan fingerprint density at radius 2 is 1.71 bits per heavy atom. The van der Waals surface area contributed by atoms with Crippen molar-refractivity contribution in [3.63, 3.8) is 0 Å².